The van der Waals surface area contributed by atoms with Crippen LogP contribution < -0.4 is 10.5 Å². The van der Waals surface area contributed by atoms with Crippen molar-refractivity contribution in [3.05, 3.63) is 52.1 Å². The molecule has 0 aliphatic carbocycles. The van der Waals surface area contributed by atoms with Crippen LogP contribution in [0.4, 0.5) is 10.1 Å². The molecule has 0 bridgehead atoms. The van der Waals surface area contributed by atoms with Crippen LogP contribution in [0.3, 0.4) is 0 Å². The largest absolute Gasteiger partial charge is 0.424 e. The number of aromatic nitrogens is 2. The van der Waals surface area contributed by atoms with Crippen LogP contribution in [0.25, 0.3) is 0 Å². The van der Waals surface area contributed by atoms with E-state index in [9.17, 15) is 14.5 Å². The monoisotopic (exact) mass is 277 g/mol. The number of ether oxygens (including phenoxy) is 1. The smallest absolute Gasteiger partial charge is 0.322 e. The average Bonchev–Trinajstić information content (AvgIpc) is 2.38. The van der Waals surface area contributed by atoms with Crippen LogP contribution in [0.5, 0.6) is 11.8 Å². The summed E-state index contributed by atoms with van der Waals surface area (Å²) in [6.07, 6.45) is 1.32. The Morgan fingerprint density at radius 1 is 1.45 bits per heavy atom. The molecule has 3 N–H and O–H groups in total. The Labute approximate surface area is 111 Å². The minimum Gasteiger partial charge on any atom is -0.424 e. The molecule has 0 saturated heterocycles. The van der Waals surface area contributed by atoms with Crippen molar-refractivity contribution in [2.45, 2.75) is 0 Å². The molecule has 102 valence electrons. The van der Waals surface area contributed by atoms with E-state index in [0.29, 0.717) is 0 Å². The van der Waals surface area contributed by atoms with Gasteiger partial charge in [-0.15, -0.1) is 0 Å². The van der Waals surface area contributed by atoms with Crippen LogP contribution >= 0.6 is 0 Å². The standard InChI is InChI=1S/C11H8FN5O3/c12-7-5-6(1-2-9(7)17(18)19)20-11-15-4-3-8(16-11)10(13)14/h1-5H,(H3,13,14). The SMILES string of the molecule is N=C(N)c1ccnc(Oc2ccc([N+](=O)[O-])c(F)c2)n1. The predicted molar refractivity (Wildman–Crippen MR) is 66.2 cm³/mol. The molecule has 0 radical (unpaired) electrons. The molecule has 1 aromatic heterocycles. The van der Waals surface area contributed by atoms with Crippen LogP contribution in [0.15, 0.2) is 30.5 Å². The van der Waals surface area contributed by atoms with E-state index in [-0.39, 0.29) is 23.3 Å². The number of hydrogen-bond acceptors (Lipinski definition) is 6. The summed E-state index contributed by atoms with van der Waals surface area (Å²) in [6, 6.07) is 4.30. The third-order valence-electron chi connectivity index (χ3n) is 2.23. The maximum atomic E-state index is 13.4. The second-order valence-electron chi connectivity index (χ2n) is 3.61. The van der Waals surface area contributed by atoms with Crippen molar-refractivity contribution in [1.82, 2.24) is 9.97 Å². The van der Waals surface area contributed by atoms with Gasteiger partial charge < -0.3 is 10.5 Å². The lowest BCUT2D eigenvalue weighted by molar-refractivity contribution is -0.387. The second-order valence-corrected chi connectivity index (χ2v) is 3.61. The number of halogens is 1. The number of nitro benzene ring substituents is 1. The predicted octanol–water partition coefficient (Wildman–Crippen LogP) is 1.60. The molecule has 0 unspecified atom stereocenters. The van der Waals surface area contributed by atoms with Crippen LogP contribution in [0, 0.1) is 21.3 Å². The van der Waals surface area contributed by atoms with Gasteiger partial charge in [0.05, 0.1) is 4.92 Å². The van der Waals surface area contributed by atoms with Gasteiger partial charge in [0.1, 0.15) is 17.3 Å². The number of nitrogens with zero attached hydrogens (tertiary/aromatic N) is 3. The molecule has 2 aromatic rings. The highest BCUT2D eigenvalue weighted by Gasteiger charge is 2.15. The van der Waals surface area contributed by atoms with E-state index in [1.807, 2.05) is 0 Å². The van der Waals surface area contributed by atoms with Crippen molar-refractivity contribution < 1.29 is 14.1 Å². The first-order valence-corrected chi connectivity index (χ1v) is 5.26. The Kier molecular flexibility index (Phi) is 3.51. The Bertz CT molecular complexity index is 692. The number of nitrogens with two attached hydrogens (primary N) is 1. The van der Waals surface area contributed by atoms with Crippen molar-refractivity contribution >= 4 is 11.5 Å². The van der Waals surface area contributed by atoms with Crippen LogP contribution in [0.2, 0.25) is 0 Å². The van der Waals surface area contributed by atoms with Gasteiger partial charge in [0.15, 0.2) is 0 Å². The van der Waals surface area contributed by atoms with Crippen molar-refractivity contribution in [2.75, 3.05) is 0 Å². The topological polar surface area (TPSA) is 128 Å². The van der Waals surface area contributed by atoms with Crippen molar-refractivity contribution in [3.8, 4) is 11.8 Å². The first-order valence-electron chi connectivity index (χ1n) is 5.26. The summed E-state index contributed by atoms with van der Waals surface area (Å²) in [5, 5.41) is 17.7. The van der Waals surface area contributed by atoms with Gasteiger partial charge in [-0.3, -0.25) is 15.5 Å². The second kappa shape index (κ2) is 5.26. The fourth-order valence-corrected chi connectivity index (χ4v) is 1.34. The summed E-state index contributed by atoms with van der Waals surface area (Å²) in [6.45, 7) is 0. The number of nitro groups is 1. The van der Waals surface area contributed by atoms with Crippen molar-refractivity contribution in [2.24, 2.45) is 5.73 Å². The van der Waals surface area contributed by atoms with Gasteiger partial charge in [-0.1, -0.05) is 0 Å². The van der Waals surface area contributed by atoms with E-state index >= 15 is 0 Å². The number of nitrogen functional groups attached to an aromatic ring is 1. The molecule has 0 aliphatic rings. The Hall–Kier alpha value is -3.10. The molecule has 20 heavy (non-hydrogen) atoms. The van der Waals surface area contributed by atoms with Crippen LogP contribution in [-0.2, 0) is 0 Å². The van der Waals surface area contributed by atoms with Crippen molar-refractivity contribution in [3.63, 3.8) is 0 Å². The molecule has 0 atom stereocenters. The molecule has 2 rings (SSSR count). The lowest BCUT2D eigenvalue weighted by atomic mass is 10.3. The molecule has 9 heteroatoms. The molecular formula is C11H8FN5O3. The zero-order chi connectivity index (χ0) is 14.7. The van der Waals surface area contributed by atoms with E-state index in [1.165, 1.54) is 18.3 Å². The van der Waals surface area contributed by atoms with Gasteiger partial charge in [0, 0.05) is 18.3 Å². The fraction of sp³-hybridized carbons (Fsp3) is 0. The lowest BCUT2D eigenvalue weighted by Gasteiger charge is -2.05. The van der Waals surface area contributed by atoms with Gasteiger partial charge in [0.25, 0.3) is 0 Å². The molecule has 0 spiro atoms. The first-order chi connectivity index (χ1) is 9.47. The highest BCUT2D eigenvalue weighted by atomic mass is 19.1. The fourth-order valence-electron chi connectivity index (χ4n) is 1.34. The molecule has 0 amide bonds. The molecule has 0 saturated carbocycles. The lowest BCUT2D eigenvalue weighted by Crippen LogP contribution is -2.13. The van der Waals surface area contributed by atoms with Gasteiger partial charge in [-0.2, -0.15) is 9.37 Å². The Morgan fingerprint density at radius 2 is 2.20 bits per heavy atom. The Balaban J connectivity index is 2.26. The van der Waals surface area contributed by atoms with Gasteiger partial charge >= 0.3 is 11.7 Å². The third kappa shape index (κ3) is 2.83. The summed E-state index contributed by atoms with van der Waals surface area (Å²) >= 11 is 0. The number of benzene rings is 1. The highest BCUT2D eigenvalue weighted by Crippen LogP contribution is 2.24. The summed E-state index contributed by atoms with van der Waals surface area (Å²) in [7, 11) is 0. The Morgan fingerprint density at radius 3 is 2.80 bits per heavy atom. The summed E-state index contributed by atoms with van der Waals surface area (Å²) in [5.74, 6) is -1.31. The first kappa shape index (κ1) is 13.3. The maximum absolute atomic E-state index is 13.4. The normalized spacial score (nSPS) is 10.1. The summed E-state index contributed by atoms with van der Waals surface area (Å²) in [5.41, 5.74) is 4.75. The zero-order valence-electron chi connectivity index (χ0n) is 9.91. The molecular weight excluding hydrogens is 269 g/mol. The van der Waals surface area contributed by atoms with E-state index in [0.717, 1.165) is 12.1 Å². The van der Waals surface area contributed by atoms with Gasteiger partial charge in [-0.25, -0.2) is 4.98 Å². The quantitative estimate of drug-likeness (QED) is 0.378. The van der Waals surface area contributed by atoms with Crippen LogP contribution in [-0.4, -0.2) is 20.7 Å². The maximum Gasteiger partial charge on any atom is 0.322 e. The number of amidine groups is 1. The number of hydrogen-bond donors (Lipinski definition) is 2. The molecule has 1 heterocycles. The number of rotatable bonds is 4. The zero-order valence-corrected chi connectivity index (χ0v) is 9.91. The van der Waals surface area contributed by atoms with Gasteiger partial charge in [-0.05, 0) is 12.1 Å². The van der Waals surface area contributed by atoms with E-state index in [2.05, 4.69) is 9.97 Å². The third-order valence-corrected chi connectivity index (χ3v) is 2.23. The van der Waals surface area contributed by atoms with E-state index in [4.69, 9.17) is 15.9 Å². The minimum atomic E-state index is -1.03. The summed E-state index contributed by atoms with van der Waals surface area (Å²) < 4.78 is 18.5. The van der Waals surface area contributed by atoms with E-state index in [1.54, 1.807) is 0 Å². The summed E-state index contributed by atoms with van der Waals surface area (Å²) in [4.78, 5) is 17.2. The molecule has 0 fully saturated rings. The highest BCUT2D eigenvalue weighted by molar-refractivity contribution is 5.92. The van der Waals surface area contributed by atoms with Crippen LogP contribution in [0.1, 0.15) is 5.69 Å². The van der Waals surface area contributed by atoms with E-state index < -0.39 is 16.4 Å². The molecule has 0 aliphatic heterocycles. The number of nitrogens with one attached hydrogen (secondary N) is 1. The molecule has 1 aromatic carbocycles. The molecule has 8 nitrogen and oxygen atoms in total. The van der Waals surface area contributed by atoms with Gasteiger partial charge in [0.2, 0.25) is 5.82 Å². The van der Waals surface area contributed by atoms with Crippen molar-refractivity contribution in [1.29, 1.82) is 5.41 Å². The minimum absolute atomic E-state index is 0.00574. The average molecular weight is 277 g/mol.